The van der Waals surface area contributed by atoms with Crippen LogP contribution in [0.1, 0.15) is 29.8 Å². The maximum absolute atomic E-state index is 6.22. The van der Waals surface area contributed by atoms with Crippen molar-refractivity contribution in [3.05, 3.63) is 45.6 Å². The lowest BCUT2D eigenvalue weighted by Crippen LogP contribution is -2.24. The van der Waals surface area contributed by atoms with Crippen LogP contribution in [0.4, 0.5) is 0 Å². The standard InChI is InChI=1S/C13H16ClN3S/c1-2-4-17-13(6-10-7-16-9-18-10)11-3-5-15-8-12(11)14/h3,5,7-9,13,17H,2,4,6H2,1H3. The van der Waals surface area contributed by atoms with E-state index in [2.05, 4.69) is 22.2 Å². The van der Waals surface area contributed by atoms with Crippen molar-refractivity contribution >= 4 is 22.9 Å². The highest BCUT2D eigenvalue weighted by molar-refractivity contribution is 7.09. The summed E-state index contributed by atoms with van der Waals surface area (Å²) in [6.45, 7) is 3.13. The summed E-state index contributed by atoms with van der Waals surface area (Å²) in [5.41, 5.74) is 2.97. The molecule has 2 aromatic heterocycles. The maximum Gasteiger partial charge on any atom is 0.0794 e. The van der Waals surface area contributed by atoms with Crippen LogP contribution in [-0.4, -0.2) is 16.5 Å². The van der Waals surface area contributed by atoms with E-state index < -0.39 is 0 Å². The fourth-order valence-corrected chi connectivity index (χ4v) is 2.72. The largest absolute Gasteiger partial charge is 0.310 e. The Balaban J connectivity index is 2.16. The van der Waals surface area contributed by atoms with E-state index in [1.165, 1.54) is 4.88 Å². The highest BCUT2D eigenvalue weighted by Gasteiger charge is 2.15. The lowest BCUT2D eigenvalue weighted by Gasteiger charge is -2.19. The number of halogens is 1. The van der Waals surface area contributed by atoms with Crippen molar-refractivity contribution in [3.63, 3.8) is 0 Å². The van der Waals surface area contributed by atoms with Crippen molar-refractivity contribution in [2.24, 2.45) is 0 Å². The summed E-state index contributed by atoms with van der Waals surface area (Å²) in [6.07, 6.45) is 7.41. The SMILES string of the molecule is CCCNC(Cc1cncs1)c1ccncc1Cl. The van der Waals surface area contributed by atoms with E-state index in [9.17, 15) is 0 Å². The number of thiazole rings is 1. The topological polar surface area (TPSA) is 37.8 Å². The van der Waals surface area contributed by atoms with Gasteiger partial charge in [0.25, 0.3) is 0 Å². The lowest BCUT2D eigenvalue weighted by atomic mass is 10.0. The zero-order valence-electron chi connectivity index (χ0n) is 10.3. The van der Waals surface area contributed by atoms with E-state index in [0.717, 1.165) is 30.0 Å². The smallest absolute Gasteiger partial charge is 0.0794 e. The molecule has 96 valence electrons. The quantitative estimate of drug-likeness (QED) is 0.881. The summed E-state index contributed by atoms with van der Waals surface area (Å²) in [6, 6.07) is 2.21. The third-order valence-electron chi connectivity index (χ3n) is 2.71. The molecular weight excluding hydrogens is 266 g/mol. The fraction of sp³-hybridized carbons (Fsp3) is 0.385. The molecule has 1 atom stereocenters. The Labute approximate surface area is 116 Å². The average Bonchev–Trinajstić information content (AvgIpc) is 2.88. The number of nitrogens with zero attached hydrogens (tertiary/aromatic N) is 2. The molecule has 0 aliphatic heterocycles. The van der Waals surface area contributed by atoms with E-state index in [1.54, 1.807) is 23.7 Å². The molecule has 3 nitrogen and oxygen atoms in total. The van der Waals surface area contributed by atoms with Crippen molar-refractivity contribution < 1.29 is 0 Å². The molecule has 0 aliphatic carbocycles. The van der Waals surface area contributed by atoms with E-state index in [0.29, 0.717) is 0 Å². The minimum Gasteiger partial charge on any atom is -0.310 e. The minimum absolute atomic E-state index is 0.223. The second kappa shape index (κ2) is 6.83. The van der Waals surface area contributed by atoms with E-state index in [4.69, 9.17) is 11.6 Å². The highest BCUT2D eigenvalue weighted by atomic mass is 35.5. The first-order valence-corrected chi connectivity index (χ1v) is 7.27. The molecule has 1 unspecified atom stereocenters. The number of hydrogen-bond donors (Lipinski definition) is 1. The Morgan fingerprint density at radius 2 is 2.28 bits per heavy atom. The summed E-state index contributed by atoms with van der Waals surface area (Å²) >= 11 is 7.90. The molecule has 18 heavy (non-hydrogen) atoms. The first kappa shape index (κ1) is 13.5. The van der Waals surface area contributed by atoms with Crippen LogP contribution in [0.15, 0.2) is 30.2 Å². The van der Waals surface area contributed by atoms with E-state index in [-0.39, 0.29) is 6.04 Å². The Hall–Kier alpha value is -0.970. The molecule has 0 spiro atoms. The van der Waals surface area contributed by atoms with Gasteiger partial charge in [-0.3, -0.25) is 9.97 Å². The third-order valence-corrected chi connectivity index (χ3v) is 3.83. The fourth-order valence-electron chi connectivity index (χ4n) is 1.82. The molecule has 0 fully saturated rings. The van der Waals surface area contributed by atoms with Gasteiger partial charge in [-0.2, -0.15) is 0 Å². The van der Waals surface area contributed by atoms with Crippen LogP contribution in [0.2, 0.25) is 5.02 Å². The van der Waals surface area contributed by atoms with Crippen LogP contribution < -0.4 is 5.32 Å². The van der Waals surface area contributed by atoms with Crippen LogP contribution in [0, 0.1) is 0 Å². The number of nitrogens with one attached hydrogen (secondary N) is 1. The molecule has 2 aromatic rings. The van der Waals surface area contributed by atoms with Gasteiger partial charge in [-0.15, -0.1) is 11.3 Å². The molecular formula is C13H16ClN3S. The minimum atomic E-state index is 0.223. The molecule has 2 heterocycles. The van der Waals surface area contributed by atoms with Crippen LogP contribution in [0.3, 0.4) is 0 Å². The average molecular weight is 282 g/mol. The van der Waals surface area contributed by atoms with Crippen molar-refractivity contribution in [1.29, 1.82) is 0 Å². The van der Waals surface area contributed by atoms with Gasteiger partial charge < -0.3 is 5.32 Å². The molecule has 0 aromatic carbocycles. The molecule has 1 N–H and O–H groups in total. The Morgan fingerprint density at radius 3 is 2.94 bits per heavy atom. The van der Waals surface area contributed by atoms with Gasteiger partial charge in [0.2, 0.25) is 0 Å². The van der Waals surface area contributed by atoms with Crippen molar-refractivity contribution in [2.45, 2.75) is 25.8 Å². The summed E-state index contributed by atoms with van der Waals surface area (Å²) in [5.74, 6) is 0. The monoisotopic (exact) mass is 281 g/mol. The predicted molar refractivity (Wildman–Crippen MR) is 76.1 cm³/mol. The van der Waals surface area contributed by atoms with E-state index >= 15 is 0 Å². The molecule has 0 amide bonds. The van der Waals surface area contributed by atoms with Gasteiger partial charge in [-0.05, 0) is 24.6 Å². The van der Waals surface area contributed by atoms with Gasteiger partial charge >= 0.3 is 0 Å². The number of rotatable bonds is 6. The van der Waals surface area contributed by atoms with Gasteiger partial charge in [0.15, 0.2) is 0 Å². The summed E-state index contributed by atoms with van der Waals surface area (Å²) in [4.78, 5) is 9.41. The first-order chi connectivity index (χ1) is 8.81. The summed E-state index contributed by atoms with van der Waals surface area (Å²) in [7, 11) is 0. The second-order valence-electron chi connectivity index (χ2n) is 4.08. The van der Waals surface area contributed by atoms with Crippen LogP contribution >= 0.6 is 22.9 Å². The van der Waals surface area contributed by atoms with Gasteiger partial charge in [0.1, 0.15) is 0 Å². The lowest BCUT2D eigenvalue weighted by molar-refractivity contribution is 0.531. The molecule has 5 heteroatoms. The Morgan fingerprint density at radius 1 is 1.39 bits per heavy atom. The van der Waals surface area contributed by atoms with Crippen molar-refractivity contribution in [3.8, 4) is 0 Å². The van der Waals surface area contributed by atoms with Crippen LogP contribution in [-0.2, 0) is 6.42 Å². The van der Waals surface area contributed by atoms with Crippen LogP contribution in [0.25, 0.3) is 0 Å². The first-order valence-electron chi connectivity index (χ1n) is 6.01. The van der Waals surface area contributed by atoms with Gasteiger partial charge in [-0.1, -0.05) is 18.5 Å². The molecule has 0 aliphatic rings. The molecule has 0 saturated heterocycles. The summed E-state index contributed by atoms with van der Waals surface area (Å²) < 4.78 is 0. The number of hydrogen-bond acceptors (Lipinski definition) is 4. The molecule has 2 rings (SSSR count). The van der Waals surface area contributed by atoms with Gasteiger partial charge in [-0.25, -0.2) is 0 Å². The van der Waals surface area contributed by atoms with Crippen molar-refractivity contribution in [2.75, 3.05) is 6.54 Å². The Bertz CT molecular complexity index is 473. The van der Waals surface area contributed by atoms with Crippen molar-refractivity contribution in [1.82, 2.24) is 15.3 Å². The third kappa shape index (κ3) is 3.51. The normalized spacial score (nSPS) is 12.6. The zero-order chi connectivity index (χ0) is 12.8. The van der Waals surface area contributed by atoms with Gasteiger partial charge in [0.05, 0.1) is 10.5 Å². The van der Waals surface area contributed by atoms with E-state index in [1.807, 2.05) is 17.8 Å². The second-order valence-corrected chi connectivity index (χ2v) is 5.45. The molecule has 0 saturated carbocycles. The van der Waals surface area contributed by atoms with Gasteiger partial charge in [0, 0.05) is 35.9 Å². The highest BCUT2D eigenvalue weighted by Crippen LogP contribution is 2.25. The predicted octanol–water partition coefficient (Wildman–Crippen LogP) is 3.47. The zero-order valence-corrected chi connectivity index (χ0v) is 11.8. The molecule has 0 radical (unpaired) electrons. The van der Waals surface area contributed by atoms with Crippen LogP contribution in [0.5, 0.6) is 0 Å². The molecule has 0 bridgehead atoms. The Kier molecular flexibility index (Phi) is 5.11. The number of aromatic nitrogens is 2. The summed E-state index contributed by atoms with van der Waals surface area (Å²) in [5, 5.41) is 4.25. The number of pyridine rings is 1. The maximum atomic E-state index is 6.22.